The third kappa shape index (κ3) is 1.19. The second-order valence-electron chi connectivity index (χ2n) is 2.13. The molecule has 0 N–H and O–H groups in total. The van der Waals surface area contributed by atoms with Gasteiger partial charge in [0.1, 0.15) is 0 Å². The fourth-order valence-corrected chi connectivity index (χ4v) is 0.531. The highest BCUT2D eigenvalue weighted by Crippen LogP contribution is 1.86. The van der Waals surface area contributed by atoms with Crippen molar-refractivity contribution in [2.75, 3.05) is 19.1 Å². The van der Waals surface area contributed by atoms with Crippen LogP contribution in [0.1, 0.15) is 5.69 Å². The molecule has 0 spiro atoms. The highest BCUT2D eigenvalue weighted by Gasteiger charge is 1.93. The van der Waals surface area contributed by atoms with Crippen LogP contribution in [0.2, 0.25) is 0 Å². The molecule has 0 saturated carbocycles. The third-order valence-corrected chi connectivity index (χ3v) is 1.01. The van der Waals surface area contributed by atoms with Gasteiger partial charge < -0.3 is 5.01 Å². The largest absolute Gasteiger partial charge is 0.302 e. The lowest BCUT2D eigenvalue weighted by molar-refractivity contribution is 0.609. The molecular formula is C5H10N4. The summed E-state index contributed by atoms with van der Waals surface area (Å²) < 4.78 is 0. The monoisotopic (exact) mass is 126 g/mol. The fraction of sp³-hybridized carbons (Fsp3) is 0.600. The fourth-order valence-electron chi connectivity index (χ4n) is 0.531. The van der Waals surface area contributed by atoms with E-state index in [1.807, 2.05) is 32.2 Å². The van der Waals surface area contributed by atoms with E-state index in [9.17, 15) is 0 Å². The van der Waals surface area contributed by atoms with Crippen molar-refractivity contribution in [3.05, 3.63) is 11.9 Å². The number of aryl methyl sites for hydroxylation is 1. The normalized spacial score (nSPS) is 9.67. The summed E-state index contributed by atoms with van der Waals surface area (Å²) in [7, 11) is 3.82. The molecule has 0 radical (unpaired) electrons. The topological polar surface area (TPSA) is 34.0 Å². The van der Waals surface area contributed by atoms with E-state index in [4.69, 9.17) is 0 Å². The molecule has 0 aliphatic carbocycles. The van der Waals surface area contributed by atoms with Gasteiger partial charge in [0.05, 0.1) is 11.9 Å². The number of nitrogens with zero attached hydrogens (tertiary/aromatic N) is 4. The van der Waals surface area contributed by atoms with E-state index in [-0.39, 0.29) is 0 Å². The molecule has 0 unspecified atom stereocenters. The highest BCUT2D eigenvalue weighted by molar-refractivity contribution is 4.89. The Morgan fingerprint density at radius 3 is 2.44 bits per heavy atom. The maximum absolute atomic E-state index is 3.81. The Morgan fingerprint density at radius 1 is 1.56 bits per heavy atom. The summed E-state index contributed by atoms with van der Waals surface area (Å²) in [5.41, 5.74) is 0.934. The smallest absolute Gasteiger partial charge is 0.0818 e. The lowest BCUT2D eigenvalue weighted by Gasteiger charge is -2.08. The molecule has 1 heterocycles. The van der Waals surface area contributed by atoms with Gasteiger partial charge in [-0.05, 0) is 12.1 Å². The van der Waals surface area contributed by atoms with Crippen LogP contribution in [0.5, 0.6) is 0 Å². The van der Waals surface area contributed by atoms with Crippen LogP contribution >= 0.6 is 0 Å². The molecule has 0 aromatic carbocycles. The SMILES string of the molecule is Cc1cn(N(C)C)nn1. The number of rotatable bonds is 1. The van der Waals surface area contributed by atoms with E-state index >= 15 is 0 Å². The molecule has 0 saturated heterocycles. The summed E-state index contributed by atoms with van der Waals surface area (Å²) in [4.78, 5) is 1.68. The minimum absolute atomic E-state index is 0.934. The Balaban J connectivity index is 2.85. The van der Waals surface area contributed by atoms with Crippen LogP contribution in [0.25, 0.3) is 0 Å². The lowest BCUT2D eigenvalue weighted by Crippen LogP contribution is -2.25. The van der Waals surface area contributed by atoms with E-state index in [1.54, 1.807) is 4.79 Å². The highest BCUT2D eigenvalue weighted by atomic mass is 15.7. The van der Waals surface area contributed by atoms with Gasteiger partial charge in [0.2, 0.25) is 0 Å². The van der Waals surface area contributed by atoms with Crippen molar-refractivity contribution >= 4 is 0 Å². The average Bonchev–Trinajstić information content (AvgIpc) is 2.14. The Kier molecular flexibility index (Phi) is 1.38. The molecule has 0 aliphatic rings. The summed E-state index contributed by atoms with van der Waals surface area (Å²) in [6.07, 6.45) is 1.86. The summed E-state index contributed by atoms with van der Waals surface area (Å²) in [5.74, 6) is 0. The molecule has 0 aliphatic heterocycles. The van der Waals surface area contributed by atoms with Crippen molar-refractivity contribution in [2.24, 2.45) is 0 Å². The zero-order valence-corrected chi connectivity index (χ0v) is 5.87. The third-order valence-electron chi connectivity index (χ3n) is 1.01. The zero-order valence-electron chi connectivity index (χ0n) is 5.87. The molecule has 0 bridgehead atoms. The summed E-state index contributed by atoms with van der Waals surface area (Å²) in [5, 5.41) is 9.46. The molecule has 4 heteroatoms. The predicted octanol–water partition coefficient (Wildman–Crippen LogP) is -0.216. The van der Waals surface area contributed by atoms with Gasteiger partial charge in [0.25, 0.3) is 0 Å². The molecule has 4 nitrogen and oxygen atoms in total. The van der Waals surface area contributed by atoms with Gasteiger partial charge in [-0.2, -0.15) is 4.79 Å². The van der Waals surface area contributed by atoms with Crippen molar-refractivity contribution in [3.8, 4) is 0 Å². The maximum Gasteiger partial charge on any atom is 0.0818 e. The first-order valence-electron chi connectivity index (χ1n) is 2.76. The summed E-state index contributed by atoms with van der Waals surface area (Å²) >= 11 is 0. The maximum atomic E-state index is 3.81. The number of hydrogen-bond acceptors (Lipinski definition) is 3. The molecule has 1 aromatic heterocycles. The molecule has 0 amide bonds. The molecule has 0 fully saturated rings. The van der Waals surface area contributed by atoms with Crippen LogP contribution < -0.4 is 5.01 Å². The molecular weight excluding hydrogens is 116 g/mol. The van der Waals surface area contributed by atoms with Crippen LogP contribution in [0, 0.1) is 6.92 Å². The minimum atomic E-state index is 0.934. The van der Waals surface area contributed by atoms with Crippen molar-refractivity contribution in [3.63, 3.8) is 0 Å². The first-order valence-corrected chi connectivity index (χ1v) is 2.76. The Bertz CT molecular complexity index is 191. The van der Waals surface area contributed by atoms with E-state index in [0.717, 1.165) is 5.69 Å². The second kappa shape index (κ2) is 2.05. The van der Waals surface area contributed by atoms with Crippen LogP contribution in [-0.2, 0) is 0 Å². The van der Waals surface area contributed by atoms with Crippen LogP contribution in [0.4, 0.5) is 0 Å². The van der Waals surface area contributed by atoms with Gasteiger partial charge in [0, 0.05) is 14.1 Å². The van der Waals surface area contributed by atoms with Gasteiger partial charge in [0.15, 0.2) is 0 Å². The van der Waals surface area contributed by atoms with Gasteiger partial charge in [-0.15, -0.1) is 5.10 Å². The first kappa shape index (κ1) is 6.07. The van der Waals surface area contributed by atoms with Crippen molar-refractivity contribution < 1.29 is 0 Å². The lowest BCUT2D eigenvalue weighted by atomic mass is 10.6. The first-order chi connectivity index (χ1) is 4.20. The molecule has 0 atom stereocenters. The quantitative estimate of drug-likeness (QED) is 0.522. The van der Waals surface area contributed by atoms with Gasteiger partial charge in [-0.3, -0.25) is 0 Å². The number of aromatic nitrogens is 3. The number of hydrogen-bond donors (Lipinski definition) is 0. The summed E-state index contributed by atoms with van der Waals surface area (Å²) in [6, 6.07) is 0. The predicted molar refractivity (Wildman–Crippen MR) is 34.8 cm³/mol. The summed E-state index contributed by atoms with van der Waals surface area (Å²) in [6.45, 7) is 1.91. The van der Waals surface area contributed by atoms with Crippen molar-refractivity contribution in [1.82, 2.24) is 15.1 Å². The average molecular weight is 126 g/mol. The van der Waals surface area contributed by atoms with Crippen molar-refractivity contribution in [2.45, 2.75) is 6.92 Å². The van der Waals surface area contributed by atoms with Gasteiger partial charge in [-0.1, -0.05) is 0 Å². The minimum Gasteiger partial charge on any atom is -0.302 e. The Labute approximate surface area is 54.1 Å². The van der Waals surface area contributed by atoms with Crippen LogP contribution in [0.15, 0.2) is 6.20 Å². The van der Waals surface area contributed by atoms with Crippen LogP contribution in [0.3, 0.4) is 0 Å². The van der Waals surface area contributed by atoms with Gasteiger partial charge >= 0.3 is 0 Å². The zero-order chi connectivity index (χ0) is 6.85. The molecule has 50 valence electrons. The van der Waals surface area contributed by atoms with E-state index in [1.165, 1.54) is 0 Å². The van der Waals surface area contributed by atoms with Gasteiger partial charge in [-0.25, -0.2) is 0 Å². The standard InChI is InChI=1S/C5H10N4/c1-5-4-9(7-6-5)8(2)3/h4H,1-3H3. The van der Waals surface area contributed by atoms with Crippen molar-refractivity contribution in [1.29, 1.82) is 0 Å². The van der Waals surface area contributed by atoms with E-state index in [0.29, 0.717) is 0 Å². The Hall–Kier alpha value is -1.06. The molecule has 1 rings (SSSR count). The Morgan fingerprint density at radius 2 is 2.22 bits per heavy atom. The van der Waals surface area contributed by atoms with E-state index < -0.39 is 0 Å². The van der Waals surface area contributed by atoms with Crippen LogP contribution in [-0.4, -0.2) is 29.2 Å². The molecule has 9 heavy (non-hydrogen) atoms. The second-order valence-corrected chi connectivity index (χ2v) is 2.13. The van der Waals surface area contributed by atoms with E-state index in [2.05, 4.69) is 10.3 Å². The molecule has 1 aromatic rings.